The van der Waals surface area contributed by atoms with Crippen LogP contribution in [0.2, 0.25) is 0 Å². The first-order chi connectivity index (χ1) is 8.74. The zero-order valence-electron chi connectivity index (χ0n) is 12.8. The molecule has 0 bridgehead atoms. The minimum atomic E-state index is -0.416. The molecule has 0 aromatic heterocycles. The summed E-state index contributed by atoms with van der Waals surface area (Å²) in [6.45, 7) is 10.2. The number of carbonyl (C=O) groups excluding carboxylic acids is 1. The Morgan fingerprint density at radius 1 is 1.16 bits per heavy atom. The summed E-state index contributed by atoms with van der Waals surface area (Å²) in [6, 6.07) is 1.36. The summed E-state index contributed by atoms with van der Waals surface area (Å²) in [4.78, 5) is 11.6. The molecule has 1 amide bonds. The summed E-state index contributed by atoms with van der Waals surface area (Å²) in [7, 11) is 0. The van der Waals surface area contributed by atoms with Gasteiger partial charge < -0.3 is 15.4 Å². The van der Waals surface area contributed by atoms with Gasteiger partial charge in [-0.3, -0.25) is 0 Å². The molecule has 2 aliphatic rings. The molecule has 0 radical (unpaired) electrons. The van der Waals surface area contributed by atoms with Crippen LogP contribution in [-0.2, 0) is 4.74 Å². The third-order valence-electron chi connectivity index (χ3n) is 4.06. The van der Waals surface area contributed by atoms with E-state index in [0.29, 0.717) is 12.1 Å². The Labute approximate surface area is 116 Å². The highest BCUT2D eigenvalue weighted by Gasteiger charge is 2.43. The van der Waals surface area contributed by atoms with E-state index in [2.05, 4.69) is 24.5 Å². The van der Waals surface area contributed by atoms with Gasteiger partial charge in [-0.05, 0) is 51.9 Å². The van der Waals surface area contributed by atoms with Gasteiger partial charge in [-0.25, -0.2) is 4.79 Å². The zero-order chi connectivity index (χ0) is 14.2. The van der Waals surface area contributed by atoms with Crippen LogP contribution < -0.4 is 10.6 Å². The lowest BCUT2D eigenvalue weighted by atomic mass is 9.73. The summed E-state index contributed by atoms with van der Waals surface area (Å²) in [5.74, 6) is 1.68. The van der Waals surface area contributed by atoms with Gasteiger partial charge >= 0.3 is 6.09 Å². The molecule has 0 aromatic carbocycles. The second-order valence-electron chi connectivity index (χ2n) is 7.43. The maximum Gasteiger partial charge on any atom is 0.407 e. The molecule has 110 valence electrons. The lowest BCUT2D eigenvalue weighted by molar-refractivity contribution is 0.0520. The maximum absolute atomic E-state index is 11.6. The fourth-order valence-corrected chi connectivity index (χ4v) is 2.64. The molecule has 4 nitrogen and oxygen atoms in total. The summed E-state index contributed by atoms with van der Waals surface area (Å²) in [6.07, 6.45) is 3.30. The van der Waals surface area contributed by atoms with E-state index in [1.807, 2.05) is 20.8 Å². The molecular weight excluding hydrogens is 240 g/mol. The lowest BCUT2D eigenvalue weighted by Crippen LogP contribution is -2.46. The number of hydrogen-bond acceptors (Lipinski definition) is 3. The molecule has 2 atom stereocenters. The normalized spacial score (nSPS) is 33.8. The predicted octanol–water partition coefficient (Wildman–Crippen LogP) is 2.68. The van der Waals surface area contributed by atoms with E-state index in [0.717, 1.165) is 18.3 Å². The van der Waals surface area contributed by atoms with Crippen LogP contribution in [0.3, 0.4) is 0 Å². The summed E-state index contributed by atoms with van der Waals surface area (Å²) in [5, 5.41) is 6.55. The molecule has 0 spiro atoms. The Balaban J connectivity index is 1.60. The Morgan fingerprint density at radius 3 is 2.32 bits per heavy atom. The van der Waals surface area contributed by atoms with Crippen LogP contribution in [0.4, 0.5) is 4.79 Å². The fourth-order valence-electron chi connectivity index (χ4n) is 2.64. The van der Waals surface area contributed by atoms with Gasteiger partial charge in [0.1, 0.15) is 5.60 Å². The van der Waals surface area contributed by atoms with Gasteiger partial charge in [0.15, 0.2) is 0 Å². The van der Waals surface area contributed by atoms with E-state index in [1.165, 1.54) is 12.8 Å². The molecule has 4 heteroatoms. The molecule has 2 N–H and O–H groups in total. The number of alkyl carbamates (subject to hydrolysis) is 1. The number of ether oxygens (including phenoxy) is 1. The van der Waals surface area contributed by atoms with Gasteiger partial charge in [0.05, 0.1) is 0 Å². The number of nitrogens with one attached hydrogen (secondary N) is 2. The van der Waals surface area contributed by atoms with Crippen molar-refractivity contribution in [3.05, 3.63) is 0 Å². The Hall–Kier alpha value is -0.770. The van der Waals surface area contributed by atoms with Gasteiger partial charge in [-0.1, -0.05) is 13.8 Å². The second-order valence-corrected chi connectivity index (χ2v) is 7.43. The molecule has 0 aliphatic heterocycles. The van der Waals surface area contributed by atoms with Crippen LogP contribution in [-0.4, -0.2) is 29.8 Å². The lowest BCUT2D eigenvalue weighted by Gasteiger charge is -2.38. The molecule has 2 unspecified atom stereocenters. The van der Waals surface area contributed by atoms with Crippen LogP contribution in [0.25, 0.3) is 0 Å². The third kappa shape index (κ3) is 4.37. The van der Waals surface area contributed by atoms with E-state index < -0.39 is 5.60 Å². The molecule has 0 heterocycles. The van der Waals surface area contributed by atoms with E-state index >= 15 is 0 Å². The second kappa shape index (κ2) is 5.31. The Morgan fingerprint density at radius 2 is 1.79 bits per heavy atom. The molecule has 0 saturated heterocycles. The summed E-state index contributed by atoms with van der Waals surface area (Å²) in [5.41, 5.74) is -0.416. The molecule has 2 saturated carbocycles. The van der Waals surface area contributed by atoms with E-state index in [1.54, 1.807) is 0 Å². The quantitative estimate of drug-likeness (QED) is 0.824. The minimum Gasteiger partial charge on any atom is -0.444 e. The summed E-state index contributed by atoms with van der Waals surface area (Å²) < 4.78 is 5.25. The largest absolute Gasteiger partial charge is 0.444 e. The van der Waals surface area contributed by atoms with Crippen molar-refractivity contribution < 1.29 is 9.53 Å². The van der Waals surface area contributed by atoms with E-state index in [4.69, 9.17) is 4.74 Å². The Bertz CT molecular complexity index is 330. The van der Waals surface area contributed by atoms with Crippen molar-refractivity contribution >= 4 is 6.09 Å². The van der Waals surface area contributed by atoms with Crippen molar-refractivity contribution in [1.29, 1.82) is 0 Å². The molecule has 2 rings (SSSR count). The average molecular weight is 268 g/mol. The smallest absolute Gasteiger partial charge is 0.407 e. The summed E-state index contributed by atoms with van der Waals surface area (Å²) >= 11 is 0. The van der Waals surface area contributed by atoms with Crippen LogP contribution >= 0.6 is 0 Å². The standard InChI is InChI=1S/C15H28N2O2/c1-9(2)10-6-11(7-10)16-12-8-13(12)17-14(18)19-15(3,4)5/h9-13,16H,6-8H2,1-5H3,(H,17,18). The predicted molar refractivity (Wildman–Crippen MR) is 76.0 cm³/mol. The van der Waals surface area contributed by atoms with Crippen molar-refractivity contribution in [2.45, 2.75) is 77.6 Å². The van der Waals surface area contributed by atoms with Crippen molar-refractivity contribution in [3.63, 3.8) is 0 Å². The van der Waals surface area contributed by atoms with Crippen molar-refractivity contribution in [3.8, 4) is 0 Å². The monoisotopic (exact) mass is 268 g/mol. The third-order valence-corrected chi connectivity index (χ3v) is 4.06. The van der Waals surface area contributed by atoms with Crippen LogP contribution in [0.15, 0.2) is 0 Å². The highest BCUT2D eigenvalue weighted by molar-refractivity contribution is 5.68. The van der Waals surface area contributed by atoms with Crippen molar-refractivity contribution in [2.75, 3.05) is 0 Å². The van der Waals surface area contributed by atoms with Gasteiger partial charge in [-0.2, -0.15) is 0 Å². The maximum atomic E-state index is 11.6. The van der Waals surface area contributed by atoms with Crippen molar-refractivity contribution in [2.24, 2.45) is 11.8 Å². The van der Waals surface area contributed by atoms with Crippen LogP contribution in [0, 0.1) is 11.8 Å². The van der Waals surface area contributed by atoms with Crippen LogP contribution in [0.1, 0.15) is 53.9 Å². The number of rotatable bonds is 4. The van der Waals surface area contributed by atoms with Gasteiger partial charge in [-0.15, -0.1) is 0 Å². The number of carbonyl (C=O) groups is 1. The topological polar surface area (TPSA) is 50.4 Å². The first-order valence-corrected chi connectivity index (χ1v) is 7.50. The Kier molecular flexibility index (Phi) is 4.09. The molecule has 19 heavy (non-hydrogen) atoms. The van der Waals surface area contributed by atoms with Gasteiger partial charge in [0.25, 0.3) is 0 Å². The zero-order valence-corrected chi connectivity index (χ0v) is 12.8. The number of hydrogen-bond donors (Lipinski definition) is 2. The molecule has 0 aromatic rings. The number of amides is 1. The molecule has 2 fully saturated rings. The highest BCUT2D eigenvalue weighted by atomic mass is 16.6. The van der Waals surface area contributed by atoms with E-state index in [9.17, 15) is 4.79 Å². The average Bonchev–Trinajstić information content (AvgIpc) is 2.85. The highest BCUT2D eigenvalue weighted by Crippen LogP contribution is 2.35. The molecule has 2 aliphatic carbocycles. The first kappa shape index (κ1) is 14.6. The van der Waals surface area contributed by atoms with Gasteiger partial charge in [0, 0.05) is 18.1 Å². The minimum absolute atomic E-state index is 0.257. The first-order valence-electron chi connectivity index (χ1n) is 7.50. The van der Waals surface area contributed by atoms with Crippen LogP contribution in [0.5, 0.6) is 0 Å². The SMILES string of the molecule is CC(C)C1CC(NC2CC2NC(=O)OC(C)(C)C)C1. The van der Waals surface area contributed by atoms with Gasteiger partial charge in [0.2, 0.25) is 0 Å². The van der Waals surface area contributed by atoms with Crippen molar-refractivity contribution in [1.82, 2.24) is 10.6 Å². The molecular formula is C15H28N2O2. The fraction of sp³-hybridized carbons (Fsp3) is 0.933. The van der Waals surface area contributed by atoms with E-state index in [-0.39, 0.29) is 12.1 Å².